The van der Waals surface area contributed by atoms with Crippen LogP contribution >= 0.6 is 0 Å². The van der Waals surface area contributed by atoms with Gasteiger partial charge in [0.1, 0.15) is 0 Å². The Kier molecular flexibility index (Phi) is 2.17. The minimum atomic E-state index is -0.407. The van der Waals surface area contributed by atoms with Crippen molar-refractivity contribution < 1.29 is 9.59 Å². The topological polar surface area (TPSA) is 46.2 Å². The maximum Gasteiger partial charge on any atom is 0.233 e. The smallest absolute Gasteiger partial charge is 0.233 e. The van der Waals surface area contributed by atoms with Gasteiger partial charge in [0.05, 0.1) is 5.41 Å². The van der Waals surface area contributed by atoms with Crippen LogP contribution in [0.1, 0.15) is 30.4 Å². The van der Waals surface area contributed by atoms with Crippen LogP contribution in [0, 0.1) is 17.3 Å². The van der Waals surface area contributed by atoms with E-state index in [0.29, 0.717) is 18.3 Å². The number of fused-ring (bicyclic) bond motifs is 1. The highest BCUT2D eigenvalue weighted by Crippen LogP contribution is 2.56. The molecule has 1 saturated carbocycles. The lowest BCUT2D eigenvalue weighted by Gasteiger charge is -2.31. The molecule has 98 valence electrons. The summed E-state index contributed by atoms with van der Waals surface area (Å²) < 4.78 is 0. The summed E-state index contributed by atoms with van der Waals surface area (Å²) in [5.41, 5.74) is 2.35. The van der Waals surface area contributed by atoms with Gasteiger partial charge in [0.25, 0.3) is 0 Å². The van der Waals surface area contributed by atoms with E-state index in [4.69, 9.17) is 0 Å². The second kappa shape index (κ2) is 3.69. The highest BCUT2D eigenvalue weighted by Gasteiger charge is 2.60. The van der Waals surface area contributed by atoms with Gasteiger partial charge in [-0.25, -0.2) is 0 Å². The van der Waals surface area contributed by atoms with E-state index in [0.717, 1.165) is 25.7 Å². The first-order chi connectivity index (χ1) is 9.20. The quantitative estimate of drug-likeness (QED) is 0.719. The Labute approximate surface area is 112 Å². The zero-order chi connectivity index (χ0) is 13.0. The first kappa shape index (κ1) is 11.2. The van der Waals surface area contributed by atoms with Crippen molar-refractivity contribution in [2.45, 2.75) is 32.1 Å². The summed E-state index contributed by atoms with van der Waals surface area (Å²) >= 11 is 0. The van der Waals surface area contributed by atoms with E-state index in [9.17, 15) is 9.59 Å². The zero-order valence-electron chi connectivity index (χ0n) is 10.8. The van der Waals surface area contributed by atoms with Gasteiger partial charge in [-0.3, -0.25) is 14.9 Å². The van der Waals surface area contributed by atoms with Crippen molar-refractivity contribution in [2.75, 3.05) is 0 Å². The predicted octanol–water partition coefficient (Wildman–Crippen LogP) is 1.84. The molecular formula is C16H17NO2. The van der Waals surface area contributed by atoms with Crippen LogP contribution in [-0.2, 0) is 22.4 Å². The molecule has 2 fully saturated rings. The number of imide groups is 1. The van der Waals surface area contributed by atoms with Crippen molar-refractivity contribution in [3.8, 4) is 0 Å². The van der Waals surface area contributed by atoms with Crippen LogP contribution in [0.25, 0.3) is 0 Å². The second-order valence-electron chi connectivity index (χ2n) is 6.24. The second-order valence-corrected chi connectivity index (χ2v) is 6.24. The van der Waals surface area contributed by atoms with Gasteiger partial charge in [-0.1, -0.05) is 24.3 Å². The van der Waals surface area contributed by atoms with E-state index in [-0.39, 0.29) is 11.8 Å². The summed E-state index contributed by atoms with van der Waals surface area (Å²) in [6, 6.07) is 8.51. The maximum atomic E-state index is 12.4. The highest BCUT2D eigenvalue weighted by atomic mass is 16.2. The number of carbonyl (C=O) groups is 2. The van der Waals surface area contributed by atoms with Crippen LogP contribution in [0.4, 0.5) is 0 Å². The minimum Gasteiger partial charge on any atom is -0.296 e. The summed E-state index contributed by atoms with van der Waals surface area (Å²) in [4.78, 5) is 24.1. The molecule has 0 radical (unpaired) electrons. The molecule has 1 aromatic rings. The summed E-state index contributed by atoms with van der Waals surface area (Å²) in [7, 11) is 0. The van der Waals surface area contributed by atoms with Gasteiger partial charge < -0.3 is 0 Å². The van der Waals surface area contributed by atoms with E-state index < -0.39 is 5.41 Å². The van der Waals surface area contributed by atoms with Gasteiger partial charge in [-0.2, -0.15) is 0 Å². The van der Waals surface area contributed by atoms with Gasteiger partial charge in [-0.05, 0) is 48.6 Å². The molecule has 2 bridgehead atoms. The molecule has 1 N–H and O–H groups in total. The lowest BCUT2D eigenvalue weighted by Crippen LogP contribution is -2.40. The van der Waals surface area contributed by atoms with Crippen LogP contribution in [0.5, 0.6) is 0 Å². The van der Waals surface area contributed by atoms with Crippen molar-refractivity contribution in [1.29, 1.82) is 0 Å². The number of hydrogen-bond acceptors (Lipinski definition) is 2. The summed E-state index contributed by atoms with van der Waals surface area (Å²) in [5.74, 6) is 0.603. The Bertz CT molecular complexity index is 545. The van der Waals surface area contributed by atoms with Crippen molar-refractivity contribution in [3.63, 3.8) is 0 Å². The maximum absolute atomic E-state index is 12.4. The number of carbonyl (C=O) groups excluding carboxylic acids is 2. The van der Waals surface area contributed by atoms with Crippen molar-refractivity contribution in [3.05, 3.63) is 35.4 Å². The summed E-state index contributed by atoms with van der Waals surface area (Å²) in [6.45, 7) is 0. The SMILES string of the molecule is O=C1CC2(C(=O)N1)C1CCC2Cc2ccccc2C1. The van der Waals surface area contributed by atoms with Gasteiger partial charge in [0, 0.05) is 6.42 Å². The molecule has 3 nitrogen and oxygen atoms in total. The van der Waals surface area contributed by atoms with Crippen molar-refractivity contribution in [1.82, 2.24) is 5.32 Å². The predicted molar refractivity (Wildman–Crippen MR) is 70.3 cm³/mol. The first-order valence-corrected chi connectivity index (χ1v) is 7.11. The Morgan fingerprint density at radius 1 is 1.00 bits per heavy atom. The molecule has 0 aromatic heterocycles. The molecule has 1 saturated heterocycles. The molecule has 2 atom stereocenters. The molecule has 3 aliphatic rings. The zero-order valence-corrected chi connectivity index (χ0v) is 10.8. The molecule has 2 unspecified atom stereocenters. The Morgan fingerprint density at radius 3 is 2.05 bits per heavy atom. The third kappa shape index (κ3) is 1.38. The van der Waals surface area contributed by atoms with E-state index in [1.165, 1.54) is 11.1 Å². The fourth-order valence-corrected chi connectivity index (χ4v) is 4.60. The number of amides is 2. The molecule has 1 heterocycles. The average Bonchev–Trinajstić information content (AvgIpc) is 2.79. The molecule has 1 aromatic carbocycles. The lowest BCUT2D eigenvalue weighted by atomic mass is 9.69. The van der Waals surface area contributed by atoms with Gasteiger partial charge in [0.2, 0.25) is 11.8 Å². The summed E-state index contributed by atoms with van der Waals surface area (Å²) in [6.07, 6.45) is 4.48. The van der Waals surface area contributed by atoms with Gasteiger partial charge >= 0.3 is 0 Å². The van der Waals surface area contributed by atoms with Crippen LogP contribution in [0.3, 0.4) is 0 Å². The van der Waals surface area contributed by atoms with Crippen LogP contribution in [-0.4, -0.2) is 11.8 Å². The van der Waals surface area contributed by atoms with Crippen molar-refractivity contribution >= 4 is 11.8 Å². The standard InChI is InChI=1S/C16H17NO2/c18-14-9-16(15(19)17-14)12-5-6-13(16)8-11-4-2-1-3-10(11)7-12/h1-4,12-13H,5-9H2,(H,17,18,19). The van der Waals surface area contributed by atoms with Crippen LogP contribution < -0.4 is 5.32 Å². The monoisotopic (exact) mass is 255 g/mol. The molecular weight excluding hydrogens is 238 g/mol. The third-order valence-corrected chi connectivity index (χ3v) is 5.50. The van der Waals surface area contributed by atoms with E-state index in [1.807, 2.05) is 0 Å². The summed E-state index contributed by atoms with van der Waals surface area (Å²) in [5, 5.41) is 2.55. The fourth-order valence-electron chi connectivity index (χ4n) is 4.60. The molecule has 2 aliphatic carbocycles. The highest BCUT2D eigenvalue weighted by molar-refractivity contribution is 6.06. The van der Waals surface area contributed by atoms with Crippen molar-refractivity contribution in [2.24, 2.45) is 17.3 Å². The molecule has 3 heteroatoms. The molecule has 2 amide bonds. The number of benzene rings is 1. The number of hydrogen-bond donors (Lipinski definition) is 1. The van der Waals surface area contributed by atoms with E-state index in [1.54, 1.807) is 0 Å². The average molecular weight is 255 g/mol. The molecule has 1 aliphatic heterocycles. The minimum absolute atomic E-state index is 0.00203. The van der Waals surface area contributed by atoms with E-state index >= 15 is 0 Å². The van der Waals surface area contributed by atoms with Crippen LogP contribution in [0.15, 0.2) is 24.3 Å². The normalized spacial score (nSPS) is 36.2. The molecule has 4 rings (SSSR count). The lowest BCUT2D eigenvalue weighted by molar-refractivity contribution is -0.131. The van der Waals surface area contributed by atoms with Gasteiger partial charge in [0.15, 0.2) is 0 Å². The number of nitrogens with one attached hydrogen (secondary N) is 1. The van der Waals surface area contributed by atoms with E-state index in [2.05, 4.69) is 29.6 Å². The third-order valence-electron chi connectivity index (χ3n) is 5.50. The first-order valence-electron chi connectivity index (χ1n) is 7.11. The van der Waals surface area contributed by atoms with Crippen LogP contribution in [0.2, 0.25) is 0 Å². The Balaban J connectivity index is 1.82. The molecule has 1 spiro atoms. The number of rotatable bonds is 0. The van der Waals surface area contributed by atoms with Gasteiger partial charge in [-0.15, -0.1) is 0 Å². The Hall–Kier alpha value is -1.64. The Morgan fingerprint density at radius 2 is 1.58 bits per heavy atom. The largest absolute Gasteiger partial charge is 0.296 e. The fraction of sp³-hybridized carbons (Fsp3) is 0.500. The molecule has 19 heavy (non-hydrogen) atoms.